The third-order valence-corrected chi connectivity index (χ3v) is 5.40. The maximum atomic E-state index is 6.45. The van der Waals surface area contributed by atoms with Gasteiger partial charge in [-0.05, 0) is 36.6 Å². The van der Waals surface area contributed by atoms with Crippen LogP contribution in [-0.2, 0) is 0 Å². The fourth-order valence-electron chi connectivity index (χ4n) is 3.02. The number of aliphatic imine (C=N–C) groups is 1. The van der Waals surface area contributed by atoms with Crippen molar-refractivity contribution in [2.75, 3.05) is 5.32 Å². The quantitative estimate of drug-likeness (QED) is 0.691. The summed E-state index contributed by atoms with van der Waals surface area (Å²) < 4.78 is 0. The molecule has 0 radical (unpaired) electrons. The molecule has 1 unspecified atom stereocenters. The molecular weight excluding hydrogens is 359 g/mol. The van der Waals surface area contributed by atoms with Crippen molar-refractivity contribution < 1.29 is 0 Å². The average Bonchev–Trinajstić information content (AvgIpc) is 3.38. The maximum Gasteiger partial charge on any atom is 0.105 e. The summed E-state index contributed by atoms with van der Waals surface area (Å²) in [5.41, 5.74) is 3.64. The standard InChI is InChI=1S/C19H16Cl2N2S/c20-12-7-8-16-14(10-12)18(13-3-1-2-4-15(13)21)22-17(19(24)23-16)9-11-5-6-11/h1-4,7-8,10-11,17H,5-6,9H2,(H,23,24). The van der Waals surface area contributed by atoms with E-state index in [1.165, 1.54) is 12.8 Å². The smallest absolute Gasteiger partial charge is 0.105 e. The number of anilines is 1. The molecule has 2 aromatic rings. The van der Waals surface area contributed by atoms with Crippen molar-refractivity contribution in [1.29, 1.82) is 0 Å². The van der Waals surface area contributed by atoms with Gasteiger partial charge in [-0.15, -0.1) is 0 Å². The number of nitrogens with one attached hydrogen (secondary N) is 1. The summed E-state index contributed by atoms with van der Waals surface area (Å²) in [4.78, 5) is 5.79. The van der Waals surface area contributed by atoms with E-state index in [1.54, 1.807) is 0 Å². The molecule has 1 saturated carbocycles. The summed E-state index contributed by atoms with van der Waals surface area (Å²) in [7, 11) is 0. The topological polar surface area (TPSA) is 24.4 Å². The number of benzodiazepines with no additional fused rings is 1. The fraction of sp³-hybridized carbons (Fsp3) is 0.263. The molecule has 1 aliphatic carbocycles. The van der Waals surface area contributed by atoms with Crippen LogP contribution in [0.15, 0.2) is 47.5 Å². The van der Waals surface area contributed by atoms with Gasteiger partial charge >= 0.3 is 0 Å². The third kappa shape index (κ3) is 3.21. The van der Waals surface area contributed by atoms with Gasteiger partial charge in [0.05, 0.1) is 5.71 Å². The SMILES string of the molecule is S=C1Nc2ccc(Cl)cc2C(c2ccccc2Cl)=NC1CC1CC1. The monoisotopic (exact) mass is 374 g/mol. The zero-order valence-electron chi connectivity index (χ0n) is 12.9. The Hall–Kier alpha value is -1.42. The Morgan fingerprint density at radius 1 is 1.08 bits per heavy atom. The number of halogens is 2. The Labute approximate surface area is 156 Å². The van der Waals surface area contributed by atoms with E-state index in [0.717, 1.165) is 39.9 Å². The molecule has 2 aliphatic rings. The zero-order chi connectivity index (χ0) is 16.7. The summed E-state index contributed by atoms with van der Waals surface area (Å²) in [6.07, 6.45) is 3.53. The number of hydrogen-bond donors (Lipinski definition) is 1. The molecule has 0 spiro atoms. The first-order valence-electron chi connectivity index (χ1n) is 8.05. The van der Waals surface area contributed by atoms with Crippen molar-refractivity contribution in [3.05, 3.63) is 63.6 Å². The molecule has 5 heteroatoms. The number of fused-ring (bicyclic) bond motifs is 1. The molecule has 0 aromatic heterocycles. The van der Waals surface area contributed by atoms with Crippen molar-refractivity contribution in [2.24, 2.45) is 10.9 Å². The van der Waals surface area contributed by atoms with Gasteiger partial charge in [-0.25, -0.2) is 0 Å². The normalized spacial score (nSPS) is 20.0. The lowest BCUT2D eigenvalue weighted by molar-refractivity contribution is 0.683. The molecule has 0 amide bonds. The second-order valence-electron chi connectivity index (χ2n) is 6.33. The molecule has 1 N–H and O–H groups in total. The van der Waals surface area contributed by atoms with Gasteiger partial charge in [0.2, 0.25) is 0 Å². The van der Waals surface area contributed by atoms with Crippen LogP contribution < -0.4 is 5.32 Å². The molecule has 1 fully saturated rings. The fourth-order valence-corrected chi connectivity index (χ4v) is 3.67. The van der Waals surface area contributed by atoms with Gasteiger partial charge in [0.15, 0.2) is 0 Å². The van der Waals surface area contributed by atoms with E-state index in [0.29, 0.717) is 10.0 Å². The van der Waals surface area contributed by atoms with Crippen molar-refractivity contribution in [1.82, 2.24) is 0 Å². The lowest BCUT2D eigenvalue weighted by Crippen LogP contribution is -2.24. The molecule has 122 valence electrons. The predicted octanol–water partition coefficient (Wildman–Crippen LogP) is 5.75. The van der Waals surface area contributed by atoms with Crippen molar-refractivity contribution >= 4 is 51.8 Å². The Kier molecular flexibility index (Phi) is 4.33. The Balaban J connectivity index is 1.88. The minimum absolute atomic E-state index is 0.0232. The number of benzene rings is 2. The van der Waals surface area contributed by atoms with Gasteiger partial charge in [0, 0.05) is 26.9 Å². The van der Waals surface area contributed by atoms with Crippen molar-refractivity contribution in [2.45, 2.75) is 25.3 Å². The first kappa shape index (κ1) is 16.1. The minimum Gasteiger partial charge on any atom is -0.348 e. The maximum absolute atomic E-state index is 6.45. The molecule has 0 bridgehead atoms. The molecule has 1 atom stereocenters. The molecule has 4 rings (SSSR count). The number of rotatable bonds is 3. The molecular formula is C19H16Cl2N2S. The highest BCUT2D eigenvalue weighted by Crippen LogP contribution is 2.37. The van der Waals surface area contributed by atoms with Crippen LogP contribution in [0.1, 0.15) is 30.4 Å². The minimum atomic E-state index is -0.0232. The first-order chi connectivity index (χ1) is 11.6. The molecule has 0 saturated heterocycles. The predicted molar refractivity (Wildman–Crippen MR) is 106 cm³/mol. The highest BCUT2D eigenvalue weighted by atomic mass is 35.5. The first-order valence-corrected chi connectivity index (χ1v) is 9.22. The lowest BCUT2D eigenvalue weighted by Gasteiger charge is -2.13. The second kappa shape index (κ2) is 6.47. The third-order valence-electron chi connectivity index (χ3n) is 4.46. The number of thiocarbonyl (C=S) groups is 1. The van der Waals surface area contributed by atoms with Crippen LogP contribution in [0.5, 0.6) is 0 Å². The molecule has 2 nitrogen and oxygen atoms in total. The summed E-state index contributed by atoms with van der Waals surface area (Å²) >= 11 is 18.3. The van der Waals surface area contributed by atoms with Crippen LogP contribution in [0, 0.1) is 5.92 Å². The van der Waals surface area contributed by atoms with Crippen LogP contribution in [0.25, 0.3) is 0 Å². The highest BCUT2D eigenvalue weighted by Gasteiger charge is 2.30. The van der Waals surface area contributed by atoms with Gasteiger partial charge in [-0.1, -0.05) is 66.5 Å². The summed E-state index contributed by atoms with van der Waals surface area (Å²) in [5.74, 6) is 0.732. The number of hydrogen-bond acceptors (Lipinski definition) is 2. The van der Waals surface area contributed by atoms with E-state index in [1.807, 2.05) is 42.5 Å². The Morgan fingerprint density at radius 2 is 1.88 bits per heavy atom. The van der Waals surface area contributed by atoms with Crippen molar-refractivity contribution in [3.63, 3.8) is 0 Å². The lowest BCUT2D eigenvalue weighted by atomic mass is 10.0. The average molecular weight is 375 g/mol. The summed E-state index contributed by atoms with van der Waals surface area (Å²) in [6, 6.07) is 13.5. The molecule has 24 heavy (non-hydrogen) atoms. The van der Waals surface area contributed by atoms with Gasteiger partial charge in [0.25, 0.3) is 0 Å². The van der Waals surface area contributed by atoms with E-state index < -0.39 is 0 Å². The van der Waals surface area contributed by atoms with E-state index in [4.69, 9.17) is 40.4 Å². The molecule has 2 aromatic carbocycles. The van der Waals surface area contributed by atoms with Crippen LogP contribution in [0.4, 0.5) is 5.69 Å². The van der Waals surface area contributed by atoms with Crippen LogP contribution in [0.2, 0.25) is 10.0 Å². The summed E-state index contributed by atoms with van der Waals surface area (Å²) in [6.45, 7) is 0. The Morgan fingerprint density at radius 3 is 2.62 bits per heavy atom. The van der Waals surface area contributed by atoms with E-state index >= 15 is 0 Å². The van der Waals surface area contributed by atoms with Crippen LogP contribution in [-0.4, -0.2) is 16.7 Å². The number of nitrogens with zero attached hydrogens (tertiary/aromatic N) is 1. The Bertz CT molecular complexity index is 843. The van der Waals surface area contributed by atoms with Crippen LogP contribution >= 0.6 is 35.4 Å². The van der Waals surface area contributed by atoms with Crippen LogP contribution in [0.3, 0.4) is 0 Å². The summed E-state index contributed by atoms with van der Waals surface area (Å²) in [5, 5.41) is 4.72. The zero-order valence-corrected chi connectivity index (χ0v) is 15.3. The van der Waals surface area contributed by atoms with Gasteiger partial charge < -0.3 is 5.32 Å². The van der Waals surface area contributed by atoms with E-state index in [-0.39, 0.29) is 6.04 Å². The second-order valence-corrected chi connectivity index (χ2v) is 7.62. The largest absolute Gasteiger partial charge is 0.348 e. The van der Waals surface area contributed by atoms with E-state index in [2.05, 4.69) is 5.32 Å². The highest BCUT2D eigenvalue weighted by molar-refractivity contribution is 7.80. The van der Waals surface area contributed by atoms with Crippen molar-refractivity contribution in [3.8, 4) is 0 Å². The van der Waals surface area contributed by atoms with Gasteiger partial charge in [-0.2, -0.15) is 0 Å². The molecule has 1 aliphatic heterocycles. The van der Waals surface area contributed by atoms with Gasteiger partial charge in [-0.3, -0.25) is 4.99 Å². The molecule has 1 heterocycles. The van der Waals surface area contributed by atoms with E-state index in [9.17, 15) is 0 Å². The van der Waals surface area contributed by atoms with Gasteiger partial charge in [0.1, 0.15) is 11.0 Å².